The van der Waals surface area contributed by atoms with Crippen molar-refractivity contribution in [1.82, 2.24) is 0 Å². The molecule has 1 N–H and O–H groups in total. The van der Waals surface area contributed by atoms with Gasteiger partial charge in [0.15, 0.2) is 5.79 Å². The summed E-state index contributed by atoms with van der Waals surface area (Å²) in [4.78, 5) is 0. The van der Waals surface area contributed by atoms with Crippen LogP contribution in [-0.4, -0.2) is 30.2 Å². The molecule has 0 radical (unpaired) electrons. The van der Waals surface area contributed by atoms with Crippen molar-refractivity contribution in [1.29, 1.82) is 0 Å². The van der Waals surface area contributed by atoms with E-state index in [1.165, 1.54) is 24.8 Å². The Hall–Kier alpha value is -1.60. The SMILES string of the molecule is CC.CC.CCC#Cc1ccc(C2CC3(C)C(O)CCC3C3CCC4CC5(CCC4=C23)OCC(C)(C)CO5)cc1. The Labute approximate surface area is 245 Å². The molecule has 1 aromatic rings. The lowest BCUT2D eigenvalue weighted by molar-refractivity contribution is -0.312. The molecule has 0 amide bonds. The molecule has 3 nitrogen and oxygen atoms in total. The van der Waals surface area contributed by atoms with Gasteiger partial charge >= 0.3 is 0 Å². The van der Waals surface area contributed by atoms with Crippen LogP contribution in [0.1, 0.15) is 130 Å². The van der Waals surface area contributed by atoms with Gasteiger partial charge in [0.25, 0.3) is 0 Å². The molecule has 1 aromatic carbocycles. The van der Waals surface area contributed by atoms with Crippen molar-refractivity contribution < 1.29 is 14.6 Å². The summed E-state index contributed by atoms with van der Waals surface area (Å²) in [5.41, 5.74) is 6.10. The van der Waals surface area contributed by atoms with Gasteiger partial charge in [0.2, 0.25) is 0 Å². The van der Waals surface area contributed by atoms with Crippen LogP contribution < -0.4 is 0 Å². The lowest BCUT2D eigenvalue weighted by Gasteiger charge is -2.55. The monoisotopic (exact) mass is 548 g/mol. The first-order valence-corrected chi connectivity index (χ1v) is 16.5. The first-order valence-electron chi connectivity index (χ1n) is 16.5. The molecular formula is C37H56O3. The van der Waals surface area contributed by atoms with Gasteiger partial charge in [-0.25, -0.2) is 0 Å². The minimum absolute atomic E-state index is 0.0178. The smallest absolute Gasteiger partial charge is 0.169 e. The molecule has 6 atom stereocenters. The number of fused-ring (bicyclic) bond motifs is 4. The van der Waals surface area contributed by atoms with Gasteiger partial charge in [-0.15, -0.1) is 0 Å². The molecular weight excluding hydrogens is 492 g/mol. The van der Waals surface area contributed by atoms with E-state index in [1.807, 2.05) is 27.7 Å². The van der Waals surface area contributed by atoms with Crippen LogP contribution in [0.5, 0.6) is 0 Å². The molecule has 0 bridgehead atoms. The summed E-state index contributed by atoms with van der Waals surface area (Å²) in [5.74, 6) is 8.30. The van der Waals surface area contributed by atoms with E-state index in [-0.39, 0.29) is 22.7 Å². The Balaban J connectivity index is 0.000000886. The summed E-state index contributed by atoms with van der Waals surface area (Å²) in [6, 6.07) is 9.06. The fraction of sp³-hybridized carbons (Fsp3) is 0.730. The fourth-order valence-electron chi connectivity index (χ4n) is 8.49. The molecule has 5 aliphatic rings. The molecule has 6 unspecified atom stereocenters. The van der Waals surface area contributed by atoms with Crippen LogP contribution in [0, 0.1) is 40.4 Å². The van der Waals surface area contributed by atoms with Crippen LogP contribution in [0.3, 0.4) is 0 Å². The van der Waals surface area contributed by atoms with Gasteiger partial charge in [0.05, 0.1) is 19.3 Å². The van der Waals surface area contributed by atoms with Crippen molar-refractivity contribution >= 4 is 0 Å². The predicted octanol–water partition coefficient (Wildman–Crippen LogP) is 9.04. The molecule has 1 aliphatic heterocycles. The third kappa shape index (κ3) is 5.84. The maximum atomic E-state index is 11.2. The normalized spacial score (nSPS) is 35.0. The van der Waals surface area contributed by atoms with Gasteiger partial charge in [-0.05, 0) is 79.4 Å². The van der Waals surface area contributed by atoms with Crippen molar-refractivity contribution in [2.75, 3.05) is 13.2 Å². The van der Waals surface area contributed by atoms with E-state index in [0.29, 0.717) is 23.7 Å². The van der Waals surface area contributed by atoms with Gasteiger partial charge in [0.1, 0.15) is 0 Å². The van der Waals surface area contributed by atoms with E-state index in [1.54, 1.807) is 11.1 Å². The third-order valence-electron chi connectivity index (χ3n) is 10.5. The second-order valence-electron chi connectivity index (χ2n) is 13.5. The van der Waals surface area contributed by atoms with Crippen molar-refractivity contribution in [2.24, 2.45) is 28.6 Å². The van der Waals surface area contributed by atoms with Crippen molar-refractivity contribution in [3.8, 4) is 11.8 Å². The summed E-state index contributed by atoms with van der Waals surface area (Å²) in [7, 11) is 0. The number of benzene rings is 1. The number of aliphatic hydroxyl groups is 1. The molecule has 6 rings (SSSR count). The van der Waals surface area contributed by atoms with Crippen LogP contribution in [0.25, 0.3) is 0 Å². The number of allylic oxidation sites excluding steroid dienone is 2. The Morgan fingerprint density at radius 2 is 1.57 bits per heavy atom. The van der Waals surface area contributed by atoms with Gasteiger partial charge in [-0.1, -0.05) is 90.5 Å². The highest BCUT2D eigenvalue weighted by atomic mass is 16.7. The second-order valence-corrected chi connectivity index (χ2v) is 13.5. The van der Waals surface area contributed by atoms with E-state index in [0.717, 1.165) is 57.3 Å². The highest BCUT2D eigenvalue weighted by Crippen LogP contribution is 2.64. The van der Waals surface area contributed by atoms with Crippen LogP contribution in [0.2, 0.25) is 0 Å². The quantitative estimate of drug-likeness (QED) is 0.281. The molecule has 40 heavy (non-hydrogen) atoms. The van der Waals surface area contributed by atoms with Crippen LogP contribution in [0.4, 0.5) is 0 Å². The van der Waals surface area contributed by atoms with E-state index in [2.05, 4.69) is 63.8 Å². The van der Waals surface area contributed by atoms with Crippen molar-refractivity contribution in [2.45, 2.75) is 131 Å². The topological polar surface area (TPSA) is 38.7 Å². The fourth-order valence-corrected chi connectivity index (χ4v) is 8.49. The minimum Gasteiger partial charge on any atom is -0.393 e. The predicted molar refractivity (Wildman–Crippen MR) is 166 cm³/mol. The number of hydrogen-bond donors (Lipinski definition) is 1. The van der Waals surface area contributed by atoms with E-state index >= 15 is 0 Å². The zero-order valence-corrected chi connectivity index (χ0v) is 26.7. The highest BCUT2D eigenvalue weighted by Gasteiger charge is 2.57. The van der Waals surface area contributed by atoms with E-state index in [9.17, 15) is 5.11 Å². The number of hydrogen-bond acceptors (Lipinski definition) is 3. The molecule has 1 saturated heterocycles. The largest absolute Gasteiger partial charge is 0.393 e. The standard InChI is InChI=1S/C33H44O3.2C2H6/c1-5-6-7-22-8-10-23(11-9-22)27-19-32(4)28(14-15-29(32)34)26-13-12-24-18-33(17-16-25(24)30(26)27)35-20-31(2,3)21-36-33;2*1-2/h8-11,24,26-29,34H,5,12-21H2,1-4H3;2*1-2H3. The molecule has 4 aliphatic carbocycles. The minimum atomic E-state index is -0.376. The molecule has 1 spiro atoms. The average molecular weight is 549 g/mol. The molecule has 3 heteroatoms. The average Bonchev–Trinajstić information content (AvgIpc) is 3.29. The maximum absolute atomic E-state index is 11.2. The zero-order chi connectivity index (χ0) is 29.1. The second kappa shape index (κ2) is 12.7. The molecule has 0 aromatic heterocycles. The van der Waals surface area contributed by atoms with Crippen LogP contribution >= 0.6 is 0 Å². The highest BCUT2D eigenvalue weighted by molar-refractivity contribution is 5.43. The summed E-state index contributed by atoms with van der Waals surface area (Å²) in [6.07, 6.45) is 9.48. The third-order valence-corrected chi connectivity index (χ3v) is 10.5. The summed E-state index contributed by atoms with van der Waals surface area (Å²) in [5, 5.41) is 11.2. The molecule has 4 fully saturated rings. The van der Waals surface area contributed by atoms with Crippen molar-refractivity contribution in [3.63, 3.8) is 0 Å². The van der Waals surface area contributed by atoms with Gasteiger partial charge < -0.3 is 14.6 Å². The zero-order valence-electron chi connectivity index (χ0n) is 26.7. The number of aliphatic hydroxyl groups excluding tert-OH is 1. The lowest BCUT2D eigenvalue weighted by Crippen LogP contribution is -2.52. The van der Waals surface area contributed by atoms with Crippen LogP contribution in [0.15, 0.2) is 35.4 Å². The lowest BCUT2D eigenvalue weighted by atomic mass is 9.52. The molecule has 222 valence electrons. The summed E-state index contributed by atoms with van der Waals surface area (Å²) < 4.78 is 12.9. The van der Waals surface area contributed by atoms with Gasteiger partial charge in [-0.3, -0.25) is 0 Å². The Morgan fingerprint density at radius 3 is 2.23 bits per heavy atom. The van der Waals surface area contributed by atoms with E-state index < -0.39 is 0 Å². The van der Waals surface area contributed by atoms with Crippen molar-refractivity contribution in [3.05, 3.63) is 46.5 Å². The first kappa shape index (κ1) is 31.3. The van der Waals surface area contributed by atoms with Gasteiger partial charge in [-0.2, -0.15) is 0 Å². The number of rotatable bonds is 1. The first-order chi connectivity index (χ1) is 19.2. The molecule has 3 saturated carbocycles. The van der Waals surface area contributed by atoms with E-state index in [4.69, 9.17) is 9.47 Å². The maximum Gasteiger partial charge on any atom is 0.169 e. The Bertz CT molecular complexity index is 1080. The number of ether oxygens (including phenoxy) is 2. The van der Waals surface area contributed by atoms with Gasteiger partial charge in [0, 0.05) is 36.2 Å². The molecule has 1 heterocycles. The van der Waals surface area contributed by atoms with Crippen LogP contribution in [-0.2, 0) is 9.47 Å². The Kier molecular flexibility index (Phi) is 9.97. The Morgan fingerprint density at radius 1 is 0.900 bits per heavy atom. The summed E-state index contributed by atoms with van der Waals surface area (Å²) in [6.45, 7) is 18.5. The summed E-state index contributed by atoms with van der Waals surface area (Å²) >= 11 is 0.